The van der Waals surface area contributed by atoms with Crippen molar-refractivity contribution in [1.29, 1.82) is 0 Å². The first-order valence-electron chi connectivity index (χ1n) is 6.77. The van der Waals surface area contributed by atoms with E-state index in [9.17, 15) is 18.0 Å². The summed E-state index contributed by atoms with van der Waals surface area (Å²) in [5, 5.41) is 3.07. The van der Waals surface area contributed by atoms with Gasteiger partial charge in [-0.2, -0.15) is 0 Å². The molecule has 0 unspecified atom stereocenters. The van der Waals surface area contributed by atoms with Gasteiger partial charge in [0.25, 0.3) is 5.56 Å². The molecule has 0 aromatic carbocycles. The minimum Gasteiger partial charge on any atom is -0.315 e. The number of rotatable bonds is 7. The fourth-order valence-corrected chi connectivity index (χ4v) is 2.84. The number of halogens is 1. The van der Waals surface area contributed by atoms with Gasteiger partial charge in [-0.05, 0) is 19.0 Å². The molecule has 9 nitrogen and oxygen atoms in total. The lowest BCUT2D eigenvalue weighted by atomic mass is 10.3. The molecule has 0 fully saturated rings. The van der Waals surface area contributed by atoms with Gasteiger partial charge in [-0.25, -0.2) is 22.9 Å². The van der Waals surface area contributed by atoms with Crippen LogP contribution in [0.5, 0.6) is 0 Å². The summed E-state index contributed by atoms with van der Waals surface area (Å²) in [6.45, 7) is 3.55. The van der Waals surface area contributed by atoms with Gasteiger partial charge in [0.15, 0.2) is 0 Å². The van der Waals surface area contributed by atoms with Crippen LogP contribution in [0.4, 0.5) is 0 Å². The van der Waals surface area contributed by atoms with Gasteiger partial charge < -0.3 is 5.32 Å². The third-order valence-electron chi connectivity index (χ3n) is 2.90. The van der Waals surface area contributed by atoms with Crippen LogP contribution in [0.3, 0.4) is 0 Å². The minimum atomic E-state index is -3.76. The van der Waals surface area contributed by atoms with Crippen molar-refractivity contribution in [2.24, 2.45) is 0 Å². The van der Waals surface area contributed by atoms with Crippen LogP contribution in [0.1, 0.15) is 13.3 Å². The zero-order valence-corrected chi connectivity index (χ0v) is 14.0. The second kappa shape index (κ2) is 8.20. The molecule has 128 valence electrons. The number of pyridine rings is 1. The van der Waals surface area contributed by atoms with Gasteiger partial charge in [0.1, 0.15) is 10.5 Å². The lowest BCUT2D eigenvalue weighted by Gasteiger charge is -2.07. The number of H-pyrrole nitrogens is 2. The molecule has 0 radical (unpaired) electrons. The van der Waals surface area contributed by atoms with E-state index in [1.165, 1.54) is 6.07 Å². The van der Waals surface area contributed by atoms with Crippen LogP contribution in [0.25, 0.3) is 11.0 Å². The summed E-state index contributed by atoms with van der Waals surface area (Å²) >= 11 is 0. The highest BCUT2D eigenvalue weighted by atomic mass is 35.5. The van der Waals surface area contributed by atoms with Crippen LogP contribution in [0.2, 0.25) is 0 Å². The van der Waals surface area contributed by atoms with E-state index < -0.39 is 21.3 Å². The van der Waals surface area contributed by atoms with Crippen LogP contribution < -0.4 is 21.3 Å². The van der Waals surface area contributed by atoms with Crippen LogP contribution >= 0.6 is 12.4 Å². The summed E-state index contributed by atoms with van der Waals surface area (Å²) in [5.41, 5.74) is -1.34. The molecule has 2 rings (SSSR count). The first-order valence-corrected chi connectivity index (χ1v) is 8.25. The summed E-state index contributed by atoms with van der Waals surface area (Å²) < 4.78 is 26.7. The quantitative estimate of drug-likeness (QED) is 0.481. The third kappa shape index (κ3) is 4.86. The summed E-state index contributed by atoms with van der Waals surface area (Å²) in [7, 11) is -3.76. The van der Waals surface area contributed by atoms with Crippen molar-refractivity contribution in [3.63, 3.8) is 0 Å². The average molecular weight is 364 g/mol. The molecule has 11 heteroatoms. The number of hydrogen-bond acceptors (Lipinski definition) is 6. The molecule has 0 bridgehead atoms. The number of nitrogens with one attached hydrogen (secondary N) is 4. The van der Waals surface area contributed by atoms with Gasteiger partial charge in [-0.15, -0.1) is 12.4 Å². The summed E-state index contributed by atoms with van der Waals surface area (Å²) in [6.07, 6.45) is 2.06. The molecule has 0 saturated carbocycles. The summed E-state index contributed by atoms with van der Waals surface area (Å²) in [4.78, 5) is 30.8. The zero-order chi connectivity index (χ0) is 16.2. The standard InChI is InChI=1S/C12H17N5O4S.ClH/c1-2-3-13-4-5-15-22(20,21)8-6-9-10(14-7-8)16-12(19)17-11(9)18;/h6-7,13,15H,2-5H2,1H3,(H2,14,16,17,18,19);1H. The maximum atomic E-state index is 12.1. The number of fused-ring (bicyclic) bond motifs is 1. The van der Waals surface area contributed by atoms with Gasteiger partial charge in [0.2, 0.25) is 10.0 Å². The molecule has 0 aliphatic rings. The smallest absolute Gasteiger partial charge is 0.315 e. The molecule has 0 amide bonds. The Labute approximate surface area is 138 Å². The zero-order valence-electron chi connectivity index (χ0n) is 12.4. The van der Waals surface area contributed by atoms with Crippen molar-refractivity contribution in [2.45, 2.75) is 18.2 Å². The van der Waals surface area contributed by atoms with E-state index in [0.717, 1.165) is 19.2 Å². The van der Waals surface area contributed by atoms with Gasteiger partial charge >= 0.3 is 5.69 Å². The molecule has 2 heterocycles. The molecule has 0 spiro atoms. The van der Waals surface area contributed by atoms with Crippen molar-refractivity contribution in [2.75, 3.05) is 19.6 Å². The van der Waals surface area contributed by atoms with Crippen LogP contribution in [-0.4, -0.2) is 43.0 Å². The second-order valence-electron chi connectivity index (χ2n) is 4.62. The predicted molar refractivity (Wildman–Crippen MR) is 88.6 cm³/mol. The van der Waals surface area contributed by atoms with Crippen molar-refractivity contribution in [3.05, 3.63) is 33.1 Å². The van der Waals surface area contributed by atoms with E-state index in [1.54, 1.807) is 0 Å². The lowest BCUT2D eigenvalue weighted by Crippen LogP contribution is -2.32. The van der Waals surface area contributed by atoms with Gasteiger partial charge in [-0.3, -0.25) is 14.8 Å². The Kier molecular flexibility index (Phi) is 6.88. The molecule has 0 aliphatic carbocycles. The highest BCUT2D eigenvalue weighted by Crippen LogP contribution is 2.10. The van der Waals surface area contributed by atoms with Crippen LogP contribution in [0.15, 0.2) is 26.7 Å². The van der Waals surface area contributed by atoms with E-state index in [-0.39, 0.29) is 34.9 Å². The van der Waals surface area contributed by atoms with Gasteiger partial charge in [0, 0.05) is 19.3 Å². The van der Waals surface area contributed by atoms with Crippen molar-refractivity contribution in [3.8, 4) is 0 Å². The first-order chi connectivity index (χ1) is 10.4. The van der Waals surface area contributed by atoms with E-state index >= 15 is 0 Å². The number of nitrogens with zero attached hydrogens (tertiary/aromatic N) is 1. The van der Waals surface area contributed by atoms with Crippen molar-refractivity contribution < 1.29 is 8.42 Å². The van der Waals surface area contributed by atoms with Crippen LogP contribution in [-0.2, 0) is 10.0 Å². The fourth-order valence-electron chi connectivity index (χ4n) is 1.83. The number of aromatic amines is 2. The summed E-state index contributed by atoms with van der Waals surface area (Å²) in [6, 6.07) is 1.18. The third-order valence-corrected chi connectivity index (χ3v) is 4.33. The molecule has 4 N–H and O–H groups in total. The SMILES string of the molecule is CCCNCCNS(=O)(=O)c1cnc2[nH]c(=O)[nH]c(=O)c2c1.Cl. The monoisotopic (exact) mass is 363 g/mol. The van der Waals surface area contributed by atoms with Crippen molar-refractivity contribution >= 4 is 33.5 Å². The number of hydrogen-bond donors (Lipinski definition) is 4. The Morgan fingerprint density at radius 2 is 1.91 bits per heavy atom. The van der Waals surface area contributed by atoms with Gasteiger partial charge in [-0.1, -0.05) is 6.92 Å². The topological polar surface area (TPSA) is 137 Å². The Balaban J connectivity index is 0.00000264. The predicted octanol–water partition coefficient (Wildman–Crippen LogP) is -0.689. The molecule has 0 atom stereocenters. The molecule has 0 aliphatic heterocycles. The largest absolute Gasteiger partial charge is 0.327 e. The molecule has 2 aromatic heterocycles. The van der Waals surface area contributed by atoms with E-state index in [4.69, 9.17) is 0 Å². The highest BCUT2D eigenvalue weighted by molar-refractivity contribution is 7.89. The van der Waals surface area contributed by atoms with E-state index in [0.29, 0.717) is 6.54 Å². The molecule has 23 heavy (non-hydrogen) atoms. The Morgan fingerprint density at radius 3 is 2.61 bits per heavy atom. The van der Waals surface area contributed by atoms with Gasteiger partial charge in [0.05, 0.1) is 5.39 Å². The van der Waals surface area contributed by atoms with Crippen molar-refractivity contribution in [1.82, 2.24) is 25.0 Å². The maximum absolute atomic E-state index is 12.1. The lowest BCUT2D eigenvalue weighted by molar-refractivity contribution is 0.575. The molecule has 2 aromatic rings. The summed E-state index contributed by atoms with van der Waals surface area (Å²) in [5.74, 6) is 0. The fraction of sp³-hybridized carbons (Fsp3) is 0.417. The Hall–Kier alpha value is -1.75. The molecular weight excluding hydrogens is 346 g/mol. The molecular formula is C12H18ClN5O4S. The second-order valence-corrected chi connectivity index (χ2v) is 6.39. The van der Waals surface area contributed by atoms with E-state index in [1.807, 2.05) is 11.9 Å². The minimum absolute atomic E-state index is 0. The number of sulfonamides is 1. The number of aromatic nitrogens is 3. The first kappa shape index (κ1) is 19.3. The normalized spacial score (nSPS) is 11.3. The maximum Gasteiger partial charge on any atom is 0.327 e. The Bertz CT molecular complexity index is 877. The Morgan fingerprint density at radius 1 is 1.17 bits per heavy atom. The highest BCUT2D eigenvalue weighted by Gasteiger charge is 2.15. The average Bonchev–Trinajstić information content (AvgIpc) is 2.46. The van der Waals surface area contributed by atoms with E-state index in [2.05, 4.69) is 20.0 Å². The molecule has 0 saturated heterocycles. The van der Waals surface area contributed by atoms with Crippen LogP contribution in [0, 0.1) is 0 Å².